The van der Waals surface area contributed by atoms with Crippen LogP contribution < -0.4 is 10.2 Å². The zero-order valence-electron chi connectivity index (χ0n) is 17.4. The Balaban J connectivity index is 1.52. The van der Waals surface area contributed by atoms with Crippen molar-refractivity contribution in [3.63, 3.8) is 0 Å². The van der Waals surface area contributed by atoms with E-state index < -0.39 is 5.82 Å². The fourth-order valence-corrected chi connectivity index (χ4v) is 3.99. The number of halogens is 3. The first-order valence-electron chi connectivity index (χ1n) is 10.1. The molecule has 0 amide bonds. The van der Waals surface area contributed by atoms with Gasteiger partial charge in [0.25, 0.3) is 0 Å². The summed E-state index contributed by atoms with van der Waals surface area (Å²) in [5, 5.41) is 5.07. The lowest BCUT2D eigenvalue weighted by atomic mass is 10.0. The lowest BCUT2D eigenvalue weighted by Crippen LogP contribution is -2.37. The van der Waals surface area contributed by atoms with Gasteiger partial charge in [-0.25, -0.2) is 19.4 Å². The van der Waals surface area contributed by atoms with Crippen molar-refractivity contribution >= 4 is 34.6 Å². The third kappa shape index (κ3) is 4.50. The van der Waals surface area contributed by atoms with E-state index in [1.807, 2.05) is 25.1 Å². The van der Waals surface area contributed by atoms with E-state index in [0.29, 0.717) is 35.0 Å². The minimum Gasteiger partial charge on any atom is -0.434 e. The number of nitrogens with one attached hydrogen (secondary N) is 1. The molecule has 0 bridgehead atoms. The minimum atomic E-state index is -0.681. The quantitative estimate of drug-likeness (QED) is 0.422. The zero-order chi connectivity index (χ0) is 22.9. The van der Waals surface area contributed by atoms with E-state index >= 15 is 0 Å². The Bertz CT molecular complexity index is 1370. The Labute approximate surface area is 198 Å². The first-order chi connectivity index (χ1) is 16.0. The summed E-state index contributed by atoms with van der Waals surface area (Å²) in [6.45, 7) is 2.35. The number of fused-ring (bicyclic) bond motifs is 1. The van der Waals surface area contributed by atoms with Gasteiger partial charge in [-0.3, -0.25) is 9.83 Å². The number of rotatable bonds is 5. The predicted molar refractivity (Wildman–Crippen MR) is 124 cm³/mol. The molecule has 7 nitrogen and oxygen atoms in total. The van der Waals surface area contributed by atoms with Gasteiger partial charge in [0.15, 0.2) is 17.4 Å². The molecule has 2 aromatic heterocycles. The molecule has 3 heterocycles. The van der Waals surface area contributed by atoms with Gasteiger partial charge in [-0.05, 0) is 48.7 Å². The third-order valence-electron chi connectivity index (χ3n) is 5.17. The summed E-state index contributed by atoms with van der Waals surface area (Å²) in [5.74, 6) is -0.219. The van der Waals surface area contributed by atoms with E-state index in [2.05, 4.69) is 15.6 Å². The van der Waals surface area contributed by atoms with Gasteiger partial charge >= 0.3 is 0 Å². The van der Waals surface area contributed by atoms with Crippen molar-refractivity contribution in [2.45, 2.75) is 19.4 Å². The zero-order valence-corrected chi connectivity index (χ0v) is 18.9. The minimum absolute atomic E-state index is 0.0516. The van der Waals surface area contributed by atoms with E-state index in [1.165, 1.54) is 23.0 Å². The second-order valence-electron chi connectivity index (χ2n) is 7.62. The van der Waals surface area contributed by atoms with Gasteiger partial charge < -0.3 is 4.74 Å². The van der Waals surface area contributed by atoms with Crippen LogP contribution in [0.2, 0.25) is 10.0 Å². The second-order valence-corrected chi connectivity index (χ2v) is 8.44. The van der Waals surface area contributed by atoms with Crippen molar-refractivity contribution in [1.82, 2.24) is 20.1 Å². The molecule has 1 unspecified atom stereocenters. The molecule has 1 atom stereocenters. The van der Waals surface area contributed by atoms with Gasteiger partial charge in [-0.1, -0.05) is 41.4 Å². The number of aliphatic imine (C=N–C) groups is 1. The Morgan fingerprint density at radius 2 is 2.09 bits per heavy atom. The fourth-order valence-electron chi connectivity index (χ4n) is 3.51. The van der Waals surface area contributed by atoms with Gasteiger partial charge in [0.2, 0.25) is 5.88 Å². The van der Waals surface area contributed by atoms with Gasteiger partial charge in [0.05, 0.1) is 34.9 Å². The SMILES string of the molecule is Cc1ccc(CC2CONC(c3cc4cncn4nc3Oc3cccc(Cl)c3F)=N2)c(Cl)c1. The van der Waals surface area contributed by atoms with Crippen molar-refractivity contribution in [2.75, 3.05) is 6.61 Å². The molecule has 168 valence electrons. The highest BCUT2D eigenvalue weighted by molar-refractivity contribution is 6.31. The summed E-state index contributed by atoms with van der Waals surface area (Å²) >= 11 is 12.3. The molecule has 33 heavy (non-hydrogen) atoms. The summed E-state index contributed by atoms with van der Waals surface area (Å²) in [7, 11) is 0. The number of hydroxylamine groups is 1. The first-order valence-corrected chi connectivity index (χ1v) is 10.9. The highest BCUT2D eigenvalue weighted by Crippen LogP contribution is 2.31. The molecule has 1 aliphatic rings. The van der Waals surface area contributed by atoms with Crippen molar-refractivity contribution < 1.29 is 14.0 Å². The average Bonchev–Trinajstić information content (AvgIpc) is 3.26. The highest BCUT2D eigenvalue weighted by atomic mass is 35.5. The molecule has 0 spiro atoms. The number of nitrogens with zero attached hydrogens (tertiary/aromatic N) is 4. The molecule has 0 aliphatic carbocycles. The number of hydrogen-bond acceptors (Lipinski definition) is 6. The van der Waals surface area contributed by atoms with E-state index in [1.54, 1.807) is 18.3 Å². The Morgan fingerprint density at radius 1 is 1.21 bits per heavy atom. The molecule has 2 aromatic carbocycles. The molecule has 4 aromatic rings. The van der Waals surface area contributed by atoms with Crippen molar-refractivity contribution in [3.8, 4) is 11.6 Å². The van der Waals surface area contributed by atoms with Crippen molar-refractivity contribution in [2.24, 2.45) is 4.99 Å². The summed E-state index contributed by atoms with van der Waals surface area (Å²) in [6.07, 6.45) is 3.76. The fraction of sp³-hybridized carbons (Fsp3) is 0.174. The first kappa shape index (κ1) is 21.6. The molecular weight excluding hydrogens is 468 g/mol. The summed E-state index contributed by atoms with van der Waals surface area (Å²) < 4.78 is 21.8. The van der Waals surface area contributed by atoms with Crippen LogP contribution >= 0.6 is 23.2 Å². The number of aryl methyl sites for hydroxylation is 1. The standard InChI is InChI=1S/C23H18Cl2FN5O2/c1-13-5-6-14(19(25)7-13)8-15-11-32-30-22(28-15)17-9-16-10-27-12-31(16)29-23(17)33-20-4-2-3-18(24)21(20)26/h2-7,9-10,12,15H,8,11H2,1H3,(H,28,30). The smallest absolute Gasteiger partial charge is 0.248 e. The van der Waals surface area contributed by atoms with Crippen molar-refractivity contribution in [1.29, 1.82) is 0 Å². The number of amidine groups is 1. The van der Waals surface area contributed by atoms with Crippen LogP contribution in [0, 0.1) is 12.7 Å². The predicted octanol–water partition coefficient (Wildman–Crippen LogP) is 5.17. The van der Waals surface area contributed by atoms with Crippen LogP contribution in [0.25, 0.3) is 5.52 Å². The Morgan fingerprint density at radius 3 is 2.94 bits per heavy atom. The third-order valence-corrected chi connectivity index (χ3v) is 5.81. The molecule has 5 rings (SSSR count). The summed E-state index contributed by atoms with van der Waals surface area (Å²) in [6, 6.07) is 12.0. The van der Waals surface area contributed by atoms with Crippen molar-refractivity contribution in [3.05, 3.63) is 87.5 Å². The van der Waals surface area contributed by atoms with Crippen LogP contribution in [0.3, 0.4) is 0 Å². The van der Waals surface area contributed by atoms with Crippen LogP contribution in [0.4, 0.5) is 4.39 Å². The number of imidazole rings is 1. The van der Waals surface area contributed by atoms with Crippen LogP contribution in [0.5, 0.6) is 11.6 Å². The van der Waals surface area contributed by atoms with Gasteiger partial charge in [-0.2, -0.15) is 0 Å². The van der Waals surface area contributed by atoms with Crippen LogP contribution in [-0.4, -0.2) is 33.1 Å². The van der Waals surface area contributed by atoms with Crippen LogP contribution in [0.15, 0.2) is 60.0 Å². The summed E-state index contributed by atoms with van der Waals surface area (Å²) in [5.41, 5.74) is 6.09. The highest BCUT2D eigenvalue weighted by Gasteiger charge is 2.23. The van der Waals surface area contributed by atoms with E-state index in [0.717, 1.165) is 11.1 Å². The van der Waals surface area contributed by atoms with Crippen LogP contribution in [-0.2, 0) is 11.3 Å². The van der Waals surface area contributed by atoms with Crippen LogP contribution in [0.1, 0.15) is 16.7 Å². The second kappa shape index (κ2) is 8.97. The average molecular weight is 486 g/mol. The van der Waals surface area contributed by atoms with E-state index in [9.17, 15) is 4.39 Å². The Kier molecular flexibility index (Phi) is 5.88. The molecule has 0 saturated heterocycles. The number of hydrogen-bond donors (Lipinski definition) is 1. The Hall–Kier alpha value is -3.20. The molecule has 1 aliphatic heterocycles. The largest absolute Gasteiger partial charge is 0.434 e. The maximum atomic E-state index is 14.5. The van der Waals surface area contributed by atoms with Gasteiger partial charge in [-0.15, -0.1) is 5.10 Å². The van der Waals surface area contributed by atoms with E-state index in [-0.39, 0.29) is 22.7 Å². The maximum Gasteiger partial charge on any atom is 0.248 e. The topological polar surface area (TPSA) is 73.0 Å². The maximum absolute atomic E-state index is 14.5. The summed E-state index contributed by atoms with van der Waals surface area (Å²) in [4.78, 5) is 14.5. The molecule has 10 heteroatoms. The number of benzene rings is 2. The number of ether oxygens (including phenoxy) is 1. The molecular formula is C23H18Cl2FN5O2. The number of aromatic nitrogens is 3. The molecule has 0 fully saturated rings. The molecule has 0 radical (unpaired) electrons. The lowest BCUT2D eigenvalue weighted by Gasteiger charge is -2.23. The molecule has 1 N–H and O–H groups in total. The van der Waals surface area contributed by atoms with E-state index in [4.69, 9.17) is 37.8 Å². The monoisotopic (exact) mass is 485 g/mol. The van der Waals surface area contributed by atoms with Gasteiger partial charge in [0.1, 0.15) is 6.33 Å². The molecule has 0 saturated carbocycles. The lowest BCUT2D eigenvalue weighted by molar-refractivity contribution is 0.0623. The normalized spacial score (nSPS) is 15.9. The van der Waals surface area contributed by atoms with Gasteiger partial charge in [0, 0.05) is 5.02 Å².